The number of aryl methyl sites for hydroxylation is 3. The van der Waals surface area contributed by atoms with Crippen LogP contribution in [0.4, 0.5) is 16.5 Å². The summed E-state index contributed by atoms with van der Waals surface area (Å²) in [6, 6.07) is 11.7. The van der Waals surface area contributed by atoms with Gasteiger partial charge in [-0.05, 0) is 61.7 Å². The van der Waals surface area contributed by atoms with Gasteiger partial charge in [0.1, 0.15) is 0 Å². The predicted octanol–water partition coefficient (Wildman–Crippen LogP) is 4.02. The van der Waals surface area contributed by atoms with Crippen LogP contribution >= 0.6 is 0 Å². The van der Waals surface area contributed by atoms with Gasteiger partial charge in [-0.25, -0.2) is 4.79 Å². The Morgan fingerprint density at radius 2 is 1.72 bits per heavy atom. The van der Waals surface area contributed by atoms with Crippen molar-refractivity contribution >= 4 is 17.7 Å². The number of aromatic nitrogens is 2. The zero-order valence-electron chi connectivity index (χ0n) is 17.0. The van der Waals surface area contributed by atoms with E-state index in [-0.39, 0.29) is 6.03 Å². The van der Waals surface area contributed by atoms with Crippen molar-refractivity contribution in [2.45, 2.75) is 20.8 Å². The van der Waals surface area contributed by atoms with E-state index in [2.05, 4.69) is 53.3 Å². The molecule has 150 valence electrons. The van der Waals surface area contributed by atoms with Gasteiger partial charge in [-0.3, -0.25) is 5.32 Å². The van der Waals surface area contributed by atoms with Crippen LogP contribution in [0, 0.1) is 20.8 Å². The van der Waals surface area contributed by atoms with Gasteiger partial charge in [0.15, 0.2) is 5.82 Å². The van der Waals surface area contributed by atoms with Gasteiger partial charge in [0, 0.05) is 37.8 Å². The molecule has 0 radical (unpaired) electrons. The molecule has 1 saturated heterocycles. The van der Waals surface area contributed by atoms with E-state index in [0.29, 0.717) is 32.1 Å². The smallest absolute Gasteiger partial charge is 0.324 e. The lowest BCUT2D eigenvalue weighted by atomic mass is 9.99. The minimum Gasteiger partial charge on any atom is -0.449 e. The zero-order valence-corrected chi connectivity index (χ0v) is 17.0. The number of piperazine rings is 1. The quantitative estimate of drug-likeness (QED) is 0.730. The van der Waals surface area contributed by atoms with Gasteiger partial charge in [-0.15, -0.1) is 10.2 Å². The summed E-state index contributed by atoms with van der Waals surface area (Å²) in [6.45, 7) is 8.99. The first-order valence-electron chi connectivity index (χ1n) is 9.77. The third-order valence-corrected chi connectivity index (χ3v) is 5.41. The molecule has 0 aliphatic carbocycles. The van der Waals surface area contributed by atoms with Gasteiger partial charge in [0.05, 0.1) is 12.0 Å². The number of hydrogen-bond acceptors (Lipinski definition) is 5. The number of rotatable bonds is 3. The van der Waals surface area contributed by atoms with Crippen molar-refractivity contribution in [3.8, 4) is 11.3 Å². The van der Waals surface area contributed by atoms with Crippen LogP contribution in [-0.2, 0) is 0 Å². The van der Waals surface area contributed by atoms with Crippen molar-refractivity contribution in [3.63, 3.8) is 0 Å². The Balaban J connectivity index is 1.39. The van der Waals surface area contributed by atoms with E-state index in [1.165, 1.54) is 23.0 Å². The van der Waals surface area contributed by atoms with Gasteiger partial charge in [-0.1, -0.05) is 6.07 Å². The van der Waals surface area contributed by atoms with Gasteiger partial charge in [-0.2, -0.15) is 0 Å². The highest BCUT2D eigenvalue weighted by atomic mass is 16.3. The number of amides is 2. The summed E-state index contributed by atoms with van der Waals surface area (Å²) in [6.07, 6.45) is 1.54. The van der Waals surface area contributed by atoms with Gasteiger partial charge in [0.25, 0.3) is 0 Å². The molecule has 1 aliphatic heterocycles. The SMILES string of the molecule is Cc1cc(C)c(-c2ccc(N3CCN(C(=O)Nc4ccco4)CC3)nn2)cc1C. The monoisotopic (exact) mass is 391 g/mol. The minimum atomic E-state index is -0.147. The number of carbonyl (C=O) groups is 1. The molecule has 4 rings (SSSR count). The molecule has 0 saturated carbocycles. The Morgan fingerprint density at radius 1 is 0.966 bits per heavy atom. The van der Waals surface area contributed by atoms with E-state index in [1.54, 1.807) is 17.0 Å². The second-order valence-electron chi connectivity index (χ2n) is 7.41. The number of carbonyl (C=O) groups excluding carboxylic acids is 1. The maximum atomic E-state index is 12.3. The average molecular weight is 391 g/mol. The van der Waals surface area contributed by atoms with Gasteiger partial charge < -0.3 is 14.2 Å². The van der Waals surface area contributed by atoms with E-state index in [9.17, 15) is 4.79 Å². The standard InChI is InChI=1S/C22H25N5O2/c1-15-13-17(3)18(14-16(15)2)19-6-7-20(25-24-19)26-8-10-27(11-9-26)22(28)23-21-5-4-12-29-21/h4-7,12-14H,8-11H2,1-3H3,(H,23,28). The Morgan fingerprint density at radius 3 is 2.38 bits per heavy atom. The third-order valence-electron chi connectivity index (χ3n) is 5.41. The molecule has 1 aromatic carbocycles. The van der Waals surface area contributed by atoms with E-state index in [0.717, 1.165) is 17.1 Å². The molecule has 2 aromatic heterocycles. The molecule has 1 fully saturated rings. The van der Waals surface area contributed by atoms with E-state index >= 15 is 0 Å². The molecule has 3 heterocycles. The molecule has 0 atom stereocenters. The molecule has 1 aliphatic rings. The molecular formula is C22H25N5O2. The van der Waals surface area contributed by atoms with Crippen LogP contribution in [0.15, 0.2) is 47.1 Å². The topological polar surface area (TPSA) is 74.5 Å². The third kappa shape index (κ3) is 4.08. The average Bonchev–Trinajstić information content (AvgIpc) is 3.24. The van der Waals surface area contributed by atoms with Crippen molar-refractivity contribution in [1.29, 1.82) is 0 Å². The molecule has 29 heavy (non-hydrogen) atoms. The second kappa shape index (κ2) is 7.95. The van der Waals surface area contributed by atoms with E-state index < -0.39 is 0 Å². The number of nitrogens with one attached hydrogen (secondary N) is 1. The van der Waals surface area contributed by atoms with Crippen LogP contribution in [0.25, 0.3) is 11.3 Å². The number of urea groups is 1. The van der Waals surface area contributed by atoms with Crippen LogP contribution in [0.3, 0.4) is 0 Å². The lowest BCUT2D eigenvalue weighted by Gasteiger charge is -2.34. The molecule has 0 spiro atoms. The summed E-state index contributed by atoms with van der Waals surface area (Å²) in [5.41, 5.74) is 5.73. The first-order chi connectivity index (χ1) is 14.0. The lowest BCUT2D eigenvalue weighted by Crippen LogP contribution is -2.50. The molecule has 2 amide bonds. The fourth-order valence-corrected chi connectivity index (χ4v) is 3.55. The van der Waals surface area contributed by atoms with E-state index in [4.69, 9.17) is 4.42 Å². The summed E-state index contributed by atoms with van der Waals surface area (Å²) in [5.74, 6) is 1.29. The summed E-state index contributed by atoms with van der Waals surface area (Å²) >= 11 is 0. The van der Waals surface area contributed by atoms with Crippen molar-refractivity contribution in [2.75, 3.05) is 36.4 Å². The first-order valence-corrected chi connectivity index (χ1v) is 9.77. The molecule has 0 bridgehead atoms. The maximum absolute atomic E-state index is 12.3. The number of anilines is 2. The summed E-state index contributed by atoms with van der Waals surface area (Å²) in [4.78, 5) is 16.2. The number of benzene rings is 1. The Hall–Kier alpha value is -3.35. The molecule has 7 heteroatoms. The summed E-state index contributed by atoms with van der Waals surface area (Å²) < 4.78 is 5.17. The molecule has 0 unspecified atom stereocenters. The highest BCUT2D eigenvalue weighted by Gasteiger charge is 2.22. The molecule has 7 nitrogen and oxygen atoms in total. The minimum absolute atomic E-state index is 0.147. The zero-order chi connectivity index (χ0) is 20.4. The predicted molar refractivity (Wildman–Crippen MR) is 113 cm³/mol. The van der Waals surface area contributed by atoms with Crippen LogP contribution in [0.1, 0.15) is 16.7 Å². The molecule has 1 N–H and O–H groups in total. The second-order valence-corrected chi connectivity index (χ2v) is 7.41. The molecular weight excluding hydrogens is 366 g/mol. The van der Waals surface area contributed by atoms with Crippen LogP contribution in [-0.4, -0.2) is 47.3 Å². The van der Waals surface area contributed by atoms with Crippen LogP contribution in [0.5, 0.6) is 0 Å². The fourth-order valence-electron chi connectivity index (χ4n) is 3.55. The fraction of sp³-hybridized carbons (Fsp3) is 0.318. The summed E-state index contributed by atoms with van der Waals surface area (Å²) in [7, 11) is 0. The largest absolute Gasteiger partial charge is 0.449 e. The molecule has 3 aromatic rings. The van der Waals surface area contributed by atoms with Crippen molar-refractivity contribution in [3.05, 3.63) is 59.4 Å². The van der Waals surface area contributed by atoms with Crippen LogP contribution < -0.4 is 10.2 Å². The Labute approximate surface area is 170 Å². The van der Waals surface area contributed by atoms with Gasteiger partial charge in [0.2, 0.25) is 5.88 Å². The normalized spacial score (nSPS) is 14.2. The van der Waals surface area contributed by atoms with Crippen molar-refractivity contribution in [2.24, 2.45) is 0 Å². The van der Waals surface area contributed by atoms with Crippen molar-refractivity contribution < 1.29 is 9.21 Å². The Kier molecular flexibility index (Phi) is 5.20. The number of hydrogen-bond donors (Lipinski definition) is 1. The maximum Gasteiger partial charge on any atom is 0.324 e. The first kappa shape index (κ1) is 19.0. The number of nitrogens with zero attached hydrogens (tertiary/aromatic N) is 4. The Bertz CT molecular complexity index is 991. The highest BCUT2D eigenvalue weighted by molar-refractivity contribution is 5.88. The van der Waals surface area contributed by atoms with Gasteiger partial charge >= 0.3 is 6.03 Å². The van der Waals surface area contributed by atoms with Crippen LogP contribution in [0.2, 0.25) is 0 Å². The summed E-state index contributed by atoms with van der Waals surface area (Å²) in [5, 5.41) is 11.7. The van der Waals surface area contributed by atoms with Crippen molar-refractivity contribution in [1.82, 2.24) is 15.1 Å². The highest BCUT2D eigenvalue weighted by Crippen LogP contribution is 2.25. The van der Waals surface area contributed by atoms with E-state index in [1.807, 2.05) is 12.1 Å². The number of furan rings is 1. The lowest BCUT2D eigenvalue weighted by molar-refractivity contribution is 0.207.